The van der Waals surface area contributed by atoms with Gasteiger partial charge in [-0.2, -0.15) is 0 Å². The maximum atomic E-state index is 5.01. The second-order valence-corrected chi connectivity index (χ2v) is 3.73. The molecule has 0 radical (unpaired) electrons. The highest BCUT2D eigenvalue weighted by atomic mass is 16.5. The summed E-state index contributed by atoms with van der Waals surface area (Å²) < 4.78 is 19.9. The zero-order valence-electron chi connectivity index (χ0n) is 12.3. The molecule has 0 aliphatic carbocycles. The van der Waals surface area contributed by atoms with Crippen LogP contribution in [0.5, 0.6) is 23.0 Å². The van der Waals surface area contributed by atoms with E-state index in [2.05, 4.69) is 0 Å². The lowest BCUT2D eigenvalue weighted by Gasteiger charge is -2.04. The van der Waals surface area contributed by atoms with Gasteiger partial charge in [-0.1, -0.05) is 12.1 Å². The highest BCUT2D eigenvalue weighted by molar-refractivity contribution is 5.39. The minimum Gasteiger partial charge on any atom is -0.497 e. The smallest absolute Gasteiger partial charge is 0.160 e. The number of rotatable bonds is 4. The highest BCUT2D eigenvalue weighted by Crippen LogP contribution is 2.24. The summed E-state index contributed by atoms with van der Waals surface area (Å²) in [5, 5.41) is 0. The Labute approximate surface area is 119 Å². The Morgan fingerprint density at radius 2 is 0.850 bits per heavy atom. The lowest BCUT2D eigenvalue weighted by Crippen LogP contribution is -1.88. The Morgan fingerprint density at radius 1 is 0.500 bits per heavy atom. The van der Waals surface area contributed by atoms with Crippen molar-refractivity contribution in [1.29, 1.82) is 0 Å². The molecule has 0 amide bonds. The fourth-order valence-corrected chi connectivity index (χ4v) is 1.50. The van der Waals surface area contributed by atoms with E-state index in [0.717, 1.165) is 23.0 Å². The van der Waals surface area contributed by atoms with Gasteiger partial charge < -0.3 is 18.9 Å². The molecule has 0 unspecified atom stereocenters. The van der Waals surface area contributed by atoms with Crippen LogP contribution in [0.2, 0.25) is 0 Å². The molecule has 0 fully saturated rings. The Hall–Kier alpha value is -2.36. The number of methoxy groups -OCH3 is 4. The van der Waals surface area contributed by atoms with Gasteiger partial charge in [0, 0.05) is 0 Å². The van der Waals surface area contributed by atoms with Gasteiger partial charge in [-0.25, -0.2) is 0 Å². The molecule has 0 aromatic heterocycles. The predicted molar refractivity (Wildman–Crippen MR) is 79.1 cm³/mol. The van der Waals surface area contributed by atoms with Crippen molar-refractivity contribution in [2.45, 2.75) is 0 Å². The summed E-state index contributed by atoms with van der Waals surface area (Å²) >= 11 is 0. The van der Waals surface area contributed by atoms with Gasteiger partial charge in [0.05, 0.1) is 28.4 Å². The Balaban J connectivity index is 0.000000200. The quantitative estimate of drug-likeness (QED) is 0.857. The van der Waals surface area contributed by atoms with Crippen LogP contribution in [0.4, 0.5) is 0 Å². The van der Waals surface area contributed by atoms with Crippen molar-refractivity contribution in [3.8, 4) is 23.0 Å². The maximum absolute atomic E-state index is 5.01. The van der Waals surface area contributed by atoms with E-state index in [0.29, 0.717) is 0 Å². The monoisotopic (exact) mass is 276 g/mol. The van der Waals surface area contributed by atoms with E-state index in [4.69, 9.17) is 18.9 Å². The molecule has 0 saturated heterocycles. The fraction of sp³-hybridized carbons (Fsp3) is 0.250. The summed E-state index contributed by atoms with van der Waals surface area (Å²) in [7, 11) is 6.53. The van der Waals surface area contributed by atoms with Crippen LogP contribution in [0.25, 0.3) is 0 Å². The molecule has 0 N–H and O–H groups in total. The van der Waals surface area contributed by atoms with Gasteiger partial charge in [0.25, 0.3) is 0 Å². The van der Waals surface area contributed by atoms with Crippen molar-refractivity contribution in [3.05, 3.63) is 48.5 Å². The molecule has 0 atom stereocenters. The first-order valence-electron chi connectivity index (χ1n) is 6.10. The third-order valence-corrected chi connectivity index (χ3v) is 2.58. The zero-order chi connectivity index (χ0) is 14.8. The molecule has 2 aromatic rings. The van der Waals surface area contributed by atoms with Crippen LogP contribution < -0.4 is 18.9 Å². The van der Waals surface area contributed by atoms with Crippen LogP contribution in [0, 0.1) is 0 Å². The summed E-state index contributed by atoms with van der Waals surface area (Å²) in [6.07, 6.45) is 0. The average Bonchev–Trinajstić information content (AvgIpc) is 2.55. The second-order valence-electron chi connectivity index (χ2n) is 3.73. The molecule has 0 heterocycles. The lowest BCUT2D eigenvalue weighted by atomic mass is 10.3. The van der Waals surface area contributed by atoms with E-state index in [9.17, 15) is 0 Å². The van der Waals surface area contributed by atoms with Crippen LogP contribution in [-0.2, 0) is 0 Å². The number of hydrogen-bond donors (Lipinski definition) is 0. The molecular weight excluding hydrogens is 256 g/mol. The molecule has 0 bridgehead atoms. The van der Waals surface area contributed by atoms with E-state index in [1.165, 1.54) is 0 Å². The van der Waals surface area contributed by atoms with Gasteiger partial charge in [-0.3, -0.25) is 0 Å². The molecular formula is C16H20O4. The molecule has 0 spiro atoms. The highest BCUT2D eigenvalue weighted by Gasteiger charge is 1.97. The van der Waals surface area contributed by atoms with Crippen molar-refractivity contribution in [1.82, 2.24) is 0 Å². The largest absolute Gasteiger partial charge is 0.497 e. The first-order chi connectivity index (χ1) is 9.74. The molecule has 2 aromatic carbocycles. The van der Waals surface area contributed by atoms with E-state index >= 15 is 0 Å². The fourth-order valence-electron chi connectivity index (χ4n) is 1.50. The summed E-state index contributed by atoms with van der Waals surface area (Å²) in [6.45, 7) is 0. The number of para-hydroxylation sites is 2. The summed E-state index contributed by atoms with van der Waals surface area (Å²) in [4.78, 5) is 0. The minimum absolute atomic E-state index is 0.769. The molecule has 4 heteroatoms. The van der Waals surface area contributed by atoms with Crippen molar-refractivity contribution in [3.63, 3.8) is 0 Å². The van der Waals surface area contributed by atoms with Crippen LogP contribution in [0.3, 0.4) is 0 Å². The molecule has 4 nitrogen and oxygen atoms in total. The Bertz CT molecular complexity index is 448. The van der Waals surface area contributed by atoms with Gasteiger partial charge in [-0.05, 0) is 36.4 Å². The first kappa shape index (κ1) is 15.7. The van der Waals surface area contributed by atoms with Crippen molar-refractivity contribution < 1.29 is 18.9 Å². The first-order valence-corrected chi connectivity index (χ1v) is 6.10. The van der Waals surface area contributed by atoms with Crippen LogP contribution in [0.15, 0.2) is 48.5 Å². The topological polar surface area (TPSA) is 36.9 Å². The maximum Gasteiger partial charge on any atom is 0.160 e. The van der Waals surface area contributed by atoms with Crippen molar-refractivity contribution in [2.24, 2.45) is 0 Å². The SMILES string of the molecule is COc1ccc(OC)cc1.COc1ccccc1OC. The molecule has 20 heavy (non-hydrogen) atoms. The van der Waals surface area contributed by atoms with Crippen LogP contribution in [-0.4, -0.2) is 28.4 Å². The van der Waals surface area contributed by atoms with Gasteiger partial charge >= 0.3 is 0 Å². The van der Waals surface area contributed by atoms with Crippen LogP contribution >= 0.6 is 0 Å². The zero-order valence-corrected chi connectivity index (χ0v) is 12.3. The van der Waals surface area contributed by atoms with Gasteiger partial charge in [0.1, 0.15) is 11.5 Å². The third kappa shape index (κ3) is 4.72. The molecule has 0 aliphatic rings. The minimum atomic E-state index is 0.769. The normalized spacial score (nSPS) is 9.00. The van der Waals surface area contributed by atoms with Gasteiger partial charge in [0.15, 0.2) is 11.5 Å². The van der Waals surface area contributed by atoms with E-state index < -0.39 is 0 Å². The van der Waals surface area contributed by atoms with Crippen LogP contribution in [0.1, 0.15) is 0 Å². The van der Waals surface area contributed by atoms with Crippen molar-refractivity contribution in [2.75, 3.05) is 28.4 Å². The number of hydrogen-bond acceptors (Lipinski definition) is 4. The molecule has 0 saturated carbocycles. The Morgan fingerprint density at radius 3 is 1.10 bits per heavy atom. The molecule has 0 aliphatic heterocycles. The summed E-state index contributed by atoms with van der Waals surface area (Å²) in [5.41, 5.74) is 0. The van der Waals surface area contributed by atoms with E-state index in [1.54, 1.807) is 28.4 Å². The molecule has 2 rings (SSSR count). The summed E-state index contributed by atoms with van der Waals surface area (Å²) in [5.74, 6) is 3.23. The second kappa shape index (κ2) is 8.69. The molecule has 108 valence electrons. The van der Waals surface area contributed by atoms with Gasteiger partial charge in [0.2, 0.25) is 0 Å². The summed E-state index contributed by atoms with van der Waals surface area (Å²) in [6, 6.07) is 15.0. The van der Waals surface area contributed by atoms with E-state index in [-0.39, 0.29) is 0 Å². The van der Waals surface area contributed by atoms with E-state index in [1.807, 2.05) is 48.5 Å². The van der Waals surface area contributed by atoms with Gasteiger partial charge in [-0.15, -0.1) is 0 Å². The number of ether oxygens (including phenoxy) is 4. The number of benzene rings is 2. The Kier molecular flexibility index (Phi) is 6.82. The average molecular weight is 276 g/mol. The third-order valence-electron chi connectivity index (χ3n) is 2.58. The lowest BCUT2D eigenvalue weighted by molar-refractivity contribution is 0.355. The predicted octanol–water partition coefficient (Wildman–Crippen LogP) is 3.41. The van der Waals surface area contributed by atoms with Crippen molar-refractivity contribution >= 4 is 0 Å². The standard InChI is InChI=1S/2C8H10O2/c1-9-7-3-5-8(10-2)6-4-7;1-9-7-5-3-4-6-8(7)10-2/h2*3-6H,1-2H3.